The quantitative estimate of drug-likeness (QED) is 0.183. The van der Waals surface area contributed by atoms with Gasteiger partial charge in [0, 0.05) is 13.8 Å². The highest BCUT2D eigenvalue weighted by molar-refractivity contribution is 5.79. The Hall–Kier alpha value is -3.08. The van der Waals surface area contributed by atoms with Crippen LogP contribution in [0, 0.1) is 0 Å². The van der Waals surface area contributed by atoms with Gasteiger partial charge < -0.3 is 14.2 Å². The minimum absolute atomic E-state index is 0.197. The van der Waals surface area contributed by atoms with Crippen LogP contribution in [0.2, 0.25) is 0 Å². The van der Waals surface area contributed by atoms with Crippen molar-refractivity contribution in [1.82, 2.24) is 0 Å². The minimum atomic E-state index is -0.493. The van der Waals surface area contributed by atoms with E-state index < -0.39 is 17.5 Å². The van der Waals surface area contributed by atoms with Crippen molar-refractivity contribution in [3.05, 3.63) is 58.7 Å². The fraction of sp³-hybridized carbons (Fsp3) is 0.467. The number of ether oxygens (including phenoxy) is 3. The fourth-order valence-electron chi connectivity index (χ4n) is 3.92. The van der Waals surface area contributed by atoms with Crippen LogP contribution in [0.25, 0.3) is 6.08 Å². The smallest absolute Gasteiger partial charge is 0.308 e. The first-order chi connectivity index (χ1) is 16.5. The summed E-state index contributed by atoms with van der Waals surface area (Å²) in [6, 6.07) is 3.34. The van der Waals surface area contributed by atoms with Gasteiger partial charge in [-0.15, -0.1) is 0 Å². The second kappa shape index (κ2) is 13.1. The summed E-state index contributed by atoms with van der Waals surface area (Å²) in [6.45, 7) is 13.3. The van der Waals surface area contributed by atoms with Crippen LogP contribution in [0.4, 0.5) is 0 Å². The Labute approximate surface area is 210 Å². The van der Waals surface area contributed by atoms with Crippen molar-refractivity contribution in [2.75, 3.05) is 0 Å². The Kier molecular flexibility index (Phi) is 10.6. The third-order valence-corrected chi connectivity index (χ3v) is 5.82. The average molecular weight is 481 g/mol. The Bertz CT molecular complexity index is 1040. The van der Waals surface area contributed by atoms with Gasteiger partial charge in [0.2, 0.25) is 0 Å². The average Bonchev–Trinajstić information content (AvgIpc) is 2.74. The zero-order valence-electron chi connectivity index (χ0n) is 22.3. The first-order valence-corrected chi connectivity index (χ1v) is 12.4. The number of hydrogen-bond acceptors (Lipinski definition) is 5. The molecule has 0 radical (unpaired) electrons. The number of fused-ring (bicyclic) bond motifs is 1. The molecule has 0 fully saturated rings. The fourth-order valence-corrected chi connectivity index (χ4v) is 3.92. The lowest BCUT2D eigenvalue weighted by molar-refractivity contribution is -0.134. The van der Waals surface area contributed by atoms with E-state index >= 15 is 0 Å². The zero-order chi connectivity index (χ0) is 26.0. The summed E-state index contributed by atoms with van der Waals surface area (Å²) in [4.78, 5) is 23.0. The SMILES string of the molecule is CC(=O)Oc1ccc2c(c1OC(C)=O)C=CC(C)(CC/C=C(\C)CC/C=C(\C)CCC=C(C)C)O2. The molecule has 2 rings (SSSR count). The molecule has 5 nitrogen and oxygen atoms in total. The summed E-state index contributed by atoms with van der Waals surface area (Å²) >= 11 is 0. The molecular weight excluding hydrogens is 440 g/mol. The van der Waals surface area contributed by atoms with Gasteiger partial charge in [-0.3, -0.25) is 9.59 Å². The van der Waals surface area contributed by atoms with Crippen molar-refractivity contribution in [2.24, 2.45) is 0 Å². The summed E-state index contributed by atoms with van der Waals surface area (Å²) in [6.07, 6.45) is 16.9. The lowest BCUT2D eigenvalue weighted by atomic mass is 9.94. The third kappa shape index (κ3) is 9.59. The Morgan fingerprint density at radius 1 is 0.857 bits per heavy atom. The molecule has 0 spiro atoms. The maximum atomic E-state index is 11.6. The molecular formula is C30H40O5. The molecule has 1 unspecified atom stereocenters. The summed E-state index contributed by atoms with van der Waals surface area (Å²) < 4.78 is 16.8. The van der Waals surface area contributed by atoms with Crippen LogP contribution >= 0.6 is 0 Å². The highest BCUT2D eigenvalue weighted by Gasteiger charge is 2.30. The molecule has 35 heavy (non-hydrogen) atoms. The molecule has 0 amide bonds. The van der Waals surface area contributed by atoms with Gasteiger partial charge in [0.05, 0.1) is 5.56 Å². The molecule has 1 aromatic carbocycles. The predicted octanol–water partition coefficient (Wildman–Crippen LogP) is 7.90. The van der Waals surface area contributed by atoms with Crippen LogP contribution < -0.4 is 14.2 Å². The number of rotatable bonds is 11. The molecule has 0 saturated carbocycles. The predicted molar refractivity (Wildman–Crippen MR) is 142 cm³/mol. The normalized spacial score (nSPS) is 17.3. The van der Waals surface area contributed by atoms with E-state index in [2.05, 4.69) is 45.9 Å². The summed E-state index contributed by atoms with van der Waals surface area (Å²) in [5.41, 5.74) is 4.32. The molecule has 5 heteroatoms. The van der Waals surface area contributed by atoms with Gasteiger partial charge in [-0.2, -0.15) is 0 Å². The first kappa shape index (κ1) is 28.2. The van der Waals surface area contributed by atoms with Gasteiger partial charge in [-0.05, 0) is 97.4 Å². The van der Waals surface area contributed by atoms with E-state index in [0.29, 0.717) is 11.3 Å². The van der Waals surface area contributed by atoms with Gasteiger partial charge in [-0.25, -0.2) is 0 Å². The topological polar surface area (TPSA) is 61.8 Å². The van der Waals surface area contributed by atoms with Gasteiger partial charge in [0.15, 0.2) is 11.5 Å². The summed E-state index contributed by atoms with van der Waals surface area (Å²) in [5.74, 6) is 0.00984. The number of carbonyl (C=O) groups excluding carboxylic acids is 2. The van der Waals surface area contributed by atoms with Crippen molar-refractivity contribution >= 4 is 18.0 Å². The van der Waals surface area contributed by atoms with E-state index in [0.717, 1.165) is 38.5 Å². The van der Waals surface area contributed by atoms with E-state index in [1.54, 1.807) is 12.1 Å². The molecule has 1 aliphatic heterocycles. The van der Waals surface area contributed by atoms with Gasteiger partial charge in [0.1, 0.15) is 11.4 Å². The number of esters is 2. The second-order valence-corrected chi connectivity index (χ2v) is 9.74. The van der Waals surface area contributed by atoms with Crippen LogP contribution in [-0.2, 0) is 9.59 Å². The van der Waals surface area contributed by atoms with Crippen molar-refractivity contribution < 1.29 is 23.8 Å². The molecule has 0 N–H and O–H groups in total. The van der Waals surface area contributed by atoms with Crippen LogP contribution in [0.15, 0.2) is 53.2 Å². The maximum absolute atomic E-state index is 11.6. The van der Waals surface area contributed by atoms with Gasteiger partial charge >= 0.3 is 11.9 Å². The molecule has 0 bridgehead atoms. The Morgan fingerprint density at radius 3 is 2.06 bits per heavy atom. The molecule has 1 aliphatic rings. The molecule has 1 heterocycles. The largest absolute Gasteiger partial charge is 0.483 e. The third-order valence-electron chi connectivity index (χ3n) is 5.82. The lowest BCUT2D eigenvalue weighted by Crippen LogP contribution is -2.31. The highest BCUT2D eigenvalue weighted by Crippen LogP contribution is 2.43. The first-order valence-electron chi connectivity index (χ1n) is 12.4. The van der Waals surface area contributed by atoms with Crippen molar-refractivity contribution in [3.63, 3.8) is 0 Å². The Morgan fingerprint density at radius 2 is 1.46 bits per heavy atom. The van der Waals surface area contributed by atoms with Gasteiger partial charge in [0.25, 0.3) is 0 Å². The van der Waals surface area contributed by atoms with E-state index in [1.165, 1.54) is 30.6 Å². The van der Waals surface area contributed by atoms with E-state index in [-0.39, 0.29) is 11.5 Å². The van der Waals surface area contributed by atoms with Crippen molar-refractivity contribution in [1.29, 1.82) is 0 Å². The number of allylic oxidation sites excluding steroid dienone is 6. The standard InChI is InChI=1S/C30H40O5/c1-21(2)11-8-12-22(3)13-9-14-23(4)15-10-19-30(7)20-18-26-27(35-30)16-17-28(33-24(5)31)29(26)34-25(6)32/h11,13,15-18,20H,8-10,12,14,19H2,1-7H3/b22-13+,23-15+. The molecule has 1 atom stereocenters. The molecule has 1 aromatic rings. The number of carbonyl (C=O) groups is 2. The van der Waals surface area contributed by atoms with Crippen molar-refractivity contribution in [2.45, 2.75) is 92.6 Å². The highest BCUT2D eigenvalue weighted by atomic mass is 16.6. The molecule has 190 valence electrons. The molecule has 0 aliphatic carbocycles. The van der Waals surface area contributed by atoms with Crippen LogP contribution in [0.5, 0.6) is 17.2 Å². The van der Waals surface area contributed by atoms with Gasteiger partial charge in [-0.1, -0.05) is 34.9 Å². The van der Waals surface area contributed by atoms with E-state index in [4.69, 9.17) is 14.2 Å². The summed E-state index contributed by atoms with van der Waals surface area (Å²) in [5, 5.41) is 0. The van der Waals surface area contributed by atoms with Crippen LogP contribution in [0.3, 0.4) is 0 Å². The van der Waals surface area contributed by atoms with Crippen LogP contribution in [-0.4, -0.2) is 17.5 Å². The Balaban J connectivity index is 1.97. The van der Waals surface area contributed by atoms with Crippen LogP contribution in [0.1, 0.15) is 92.6 Å². The lowest BCUT2D eigenvalue weighted by Gasteiger charge is -2.32. The maximum Gasteiger partial charge on any atom is 0.308 e. The van der Waals surface area contributed by atoms with E-state index in [1.807, 2.05) is 19.1 Å². The summed E-state index contributed by atoms with van der Waals surface area (Å²) in [7, 11) is 0. The molecule has 0 aromatic heterocycles. The minimum Gasteiger partial charge on any atom is -0.483 e. The molecule has 0 saturated heterocycles. The van der Waals surface area contributed by atoms with Crippen molar-refractivity contribution in [3.8, 4) is 17.2 Å². The number of benzene rings is 1. The monoisotopic (exact) mass is 480 g/mol. The van der Waals surface area contributed by atoms with E-state index in [9.17, 15) is 9.59 Å². The number of hydrogen-bond donors (Lipinski definition) is 0. The second-order valence-electron chi connectivity index (χ2n) is 9.74. The zero-order valence-corrected chi connectivity index (χ0v) is 22.3.